The zero-order valence-corrected chi connectivity index (χ0v) is 10.8. The highest BCUT2D eigenvalue weighted by Crippen LogP contribution is 2.19. The Hall–Kier alpha value is -1.62. The normalized spacial score (nSPS) is 13.8. The van der Waals surface area contributed by atoms with Crippen LogP contribution in [0.1, 0.15) is 30.6 Å². The van der Waals surface area contributed by atoms with E-state index in [4.69, 9.17) is 4.74 Å². The van der Waals surface area contributed by atoms with Crippen LogP contribution in [0.2, 0.25) is 0 Å². The number of methoxy groups -OCH3 is 1. The van der Waals surface area contributed by atoms with Crippen molar-refractivity contribution in [3.8, 4) is 5.75 Å². The topological polar surface area (TPSA) is 58.6 Å². The van der Waals surface area contributed by atoms with Crippen LogP contribution in [-0.4, -0.2) is 30.3 Å². The molecule has 4 nitrogen and oxygen atoms in total. The van der Waals surface area contributed by atoms with Crippen LogP contribution in [0.3, 0.4) is 0 Å². The first-order valence-electron chi connectivity index (χ1n) is 5.72. The number of carbonyl (C=O) groups is 1. The maximum atomic E-state index is 13.2. The van der Waals surface area contributed by atoms with Gasteiger partial charge in [-0.1, -0.05) is 6.92 Å². The summed E-state index contributed by atoms with van der Waals surface area (Å²) in [6, 6.07) is 3.88. The molecule has 1 rings (SSSR count). The van der Waals surface area contributed by atoms with Gasteiger partial charge in [0.2, 0.25) is 0 Å². The van der Waals surface area contributed by atoms with Gasteiger partial charge in [0.05, 0.1) is 19.3 Å². The lowest BCUT2D eigenvalue weighted by molar-refractivity contribution is 0.0847. The summed E-state index contributed by atoms with van der Waals surface area (Å²) in [4.78, 5) is 12.0. The summed E-state index contributed by atoms with van der Waals surface area (Å²) in [7, 11) is 1.34. The second kappa shape index (κ2) is 5.82. The molecule has 5 heteroatoms. The van der Waals surface area contributed by atoms with Gasteiger partial charge in [-0.25, -0.2) is 4.39 Å². The van der Waals surface area contributed by atoms with E-state index in [9.17, 15) is 14.3 Å². The Kier molecular flexibility index (Phi) is 4.67. The minimum atomic E-state index is -0.682. The van der Waals surface area contributed by atoms with Crippen molar-refractivity contribution in [1.82, 2.24) is 5.32 Å². The van der Waals surface area contributed by atoms with Crippen LogP contribution in [-0.2, 0) is 0 Å². The Bertz CT molecular complexity index is 430. The van der Waals surface area contributed by atoms with Crippen molar-refractivity contribution < 1.29 is 19.0 Å². The van der Waals surface area contributed by atoms with Crippen molar-refractivity contribution in [2.45, 2.75) is 25.8 Å². The van der Waals surface area contributed by atoms with Crippen LogP contribution in [0.15, 0.2) is 18.2 Å². The van der Waals surface area contributed by atoms with E-state index in [2.05, 4.69) is 5.32 Å². The standard InChI is InChI=1S/C13H18FNO3/c1-4-13(2,8-16)15-12(17)9-5-6-10(14)11(7-9)18-3/h5-7,16H,4,8H2,1-3H3,(H,15,17). The van der Waals surface area contributed by atoms with E-state index in [0.717, 1.165) is 0 Å². The first-order chi connectivity index (χ1) is 8.45. The number of hydrogen-bond acceptors (Lipinski definition) is 3. The average molecular weight is 255 g/mol. The monoisotopic (exact) mass is 255 g/mol. The number of carbonyl (C=O) groups excluding carboxylic acids is 1. The number of halogens is 1. The van der Waals surface area contributed by atoms with Gasteiger partial charge in [0.15, 0.2) is 11.6 Å². The summed E-state index contributed by atoms with van der Waals surface area (Å²) in [5.41, 5.74) is -0.389. The molecule has 1 amide bonds. The Labute approximate surface area is 106 Å². The van der Waals surface area contributed by atoms with Gasteiger partial charge in [-0.3, -0.25) is 4.79 Å². The van der Waals surface area contributed by atoms with E-state index < -0.39 is 11.4 Å². The molecule has 2 N–H and O–H groups in total. The lowest BCUT2D eigenvalue weighted by atomic mass is 9.99. The predicted octanol–water partition coefficient (Wildman–Crippen LogP) is 1.73. The van der Waals surface area contributed by atoms with Crippen molar-refractivity contribution in [1.29, 1.82) is 0 Å². The molecule has 0 aliphatic carbocycles. The molecule has 0 aliphatic rings. The van der Waals surface area contributed by atoms with E-state index in [1.807, 2.05) is 6.92 Å². The Morgan fingerprint density at radius 1 is 1.56 bits per heavy atom. The molecule has 0 radical (unpaired) electrons. The van der Waals surface area contributed by atoms with Crippen molar-refractivity contribution in [3.05, 3.63) is 29.6 Å². The van der Waals surface area contributed by atoms with E-state index in [1.165, 1.54) is 25.3 Å². The second-order valence-electron chi connectivity index (χ2n) is 4.38. The van der Waals surface area contributed by atoms with Gasteiger partial charge in [0, 0.05) is 5.56 Å². The molecule has 1 unspecified atom stereocenters. The number of ether oxygens (including phenoxy) is 1. The molecule has 0 saturated carbocycles. The largest absolute Gasteiger partial charge is 0.494 e. The quantitative estimate of drug-likeness (QED) is 0.842. The zero-order chi connectivity index (χ0) is 13.8. The molecular weight excluding hydrogens is 237 g/mol. The lowest BCUT2D eigenvalue weighted by Gasteiger charge is -2.27. The van der Waals surface area contributed by atoms with E-state index in [-0.39, 0.29) is 18.3 Å². The number of hydrogen-bond donors (Lipinski definition) is 2. The fourth-order valence-electron chi connectivity index (χ4n) is 1.39. The van der Waals surface area contributed by atoms with Crippen LogP contribution in [0.5, 0.6) is 5.75 Å². The van der Waals surface area contributed by atoms with Gasteiger partial charge >= 0.3 is 0 Å². The molecule has 1 atom stereocenters. The molecule has 0 spiro atoms. The summed E-state index contributed by atoms with van der Waals surface area (Å²) >= 11 is 0. The van der Waals surface area contributed by atoms with Gasteiger partial charge in [-0.2, -0.15) is 0 Å². The van der Waals surface area contributed by atoms with Gasteiger partial charge < -0.3 is 15.2 Å². The minimum absolute atomic E-state index is 0.0184. The van der Waals surface area contributed by atoms with Crippen molar-refractivity contribution in [2.75, 3.05) is 13.7 Å². The Morgan fingerprint density at radius 2 is 2.22 bits per heavy atom. The predicted molar refractivity (Wildman–Crippen MR) is 66.2 cm³/mol. The smallest absolute Gasteiger partial charge is 0.251 e. The lowest BCUT2D eigenvalue weighted by Crippen LogP contribution is -2.48. The van der Waals surface area contributed by atoms with Gasteiger partial charge in [0.25, 0.3) is 5.91 Å². The molecule has 1 aromatic carbocycles. The minimum Gasteiger partial charge on any atom is -0.494 e. The van der Waals surface area contributed by atoms with Gasteiger partial charge in [-0.15, -0.1) is 0 Å². The summed E-state index contributed by atoms with van der Waals surface area (Å²) in [5.74, 6) is -0.869. The highest BCUT2D eigenvalue weighted by Gasteiger charge is 2.24. The summed E-state index contributed by atoms with van der Waals surface area (Å²) in [6.45, 7) is 3.45. The zero-order valence-electron chi connectivity index (χ0n) is 10.8. The van der Waals surface area contributed by atoms with Crippen molar-refractivity contribution in [3.63, 3.8) is 0 Å². The molecule has 1 aromatic rings. The SMILES string of the molecule is CCC(C)(CO)NC(=O)c1ccc(F)c(OC)c1. The first kappa shape index (κ1) is 14.4. The first-order valence-corrected chi connectivity index (χ1v) is 5.72. The molecular formula is C13H18FNO3. The van der Waals surface area contributed by atoms with Crippen LogP contribution >= 0.6 is 0 Å². The number of benzene rings is 1. The van der Waals surface area contributed by atoms with Crippen molar-refractivity contribution in [2.24, 2.45) is 0 Å². The van der Waals surface area contributed by atoms with Crippen LogP contribution < -0.4 is 10.1 Å². The Balaban J connectivity index is 2.91. The van der Waals surface area contributed by atoms with Crippen LogP contribution in [0.25, 0.3) is 0 Å². The molecule has 0 fully saturated rings. The number of amides is 1. The molecule has 0 heterocycles. The second-order valence-corrected chi connectivity index (χ2v) is 4.38. The number of aliphatic hydroxyl groups is 1. The van der Waals surface area contributed by atoms with E-state index >= 15 is 0 Å². The third kappa shape index (κ3) is 3.20. The number of rotatable bonds is 5. The molecule has 0 aromatic heterocycles. The number of aliphatic hydroxyl groups excluding tert-OH is 1. The van der Waals surface area contributed by atoms with Gasteiger partial charge in [0.1, 0.15) is 0 Å². The molecule has 100 valence electrons. The highest BCUT2D eigenvalue weighted by molar-refractivity contribution is 5.95. The van der Waals surface area contributed by atoms with Crippen molar-refractivity contribution >= 4 is 5.91 Å². The van der Waals surface area contributed by atoms with E-state index in [1.54, 1.807) is 6.92 Å². The fraction of sp³-hybridized carbons (Fsp3) is 0.462. The van der Waals surface area contributed by atoms with E-state index in [0.29, 0.717) is 12.0 Å². The highest BCUT2D eigenvalue weighted by atomic mass is 19.1. The van der Waals surface area contributed by atoms with Crippen LogP contribution in [0.4, 0.5) is 4.39 Å². The average Bonchev–Trinajstić information content (AvgIpc) is 2.39. The maximum absolute atomic E-state index is 13.2. The van der Waals surface area contributed by atoms with Gasteiger partial charge in [-0.05, 0) is 31.5 Å². The van der Waals surface area contributed by atoms with Crippen LogP contribution in [0, 0.1) is 5.82 Å². The summed E-state index contributed by atoms with van der Waals surface area (Å²) in [6.07, 6.45) is 0.591. The number of nitrogens with one attached hydrogen (secondary N) is 1. The molecule has 0 saturated heterocycles. The summed E-state index contributed by atoms with van der Waals surface area (Å²) < 4.78 is 18.0. The third-order valence-corrected chi connectivity index (χ3v) is 2.96. The fourth-order valence-corrected chi connectivity index (χ4v) is 1.39. The molecule has 0 bridgehead atoms. The molecule has 0 aliphatic heterocycles. The maximum Gasteiger partial charge on any atom is 0.251 e. The molecule has 18 heavy (non-hydrogen) atoms. The summed E-state index contributed by atoms with van der Waals surface area (Å²) in [5, 5.41) is 11.9. The third-order valence-electron chi connectivity index (χ3n) is 2.96. The Morgan fingerprint density at radius 3 is 2.72 bits per heavy atom.